The molecule has 1 amide bonds. The van der Waals surface area contributed by atoms with E-state index in [1.165, 1.54) is 0 Å². The highest BCUT2D eigenvalue weighted by Crippen LogP contribution is 2.05. The molecule has 5 heteroatoms. The highest BCUT2D eigenvalue weighted by Gasteiger charge is 2.21. The van der Waals surface area contributed by atoms with Crippen molar-refractivity contribution in [1.82, 2.24) is 5.32 Å². The Bertz CT molecular complexity index is 359. The van der Waals surface area contributed by atoms with Gasteiger partial charge >= 0.3 is 6.09 Å². The molecule has 1 rings (SSSR count). The second-order valence-electron chi connectivity index (χ2n) is 3.92. The van der Waals surface area contributed by atoms with Gasteiger partial charge < -0.3 is 15.2 Å². The van der Waals surface area contributed by atoms with Gasteiger partial charge in [-0.25, -0.2) is 9.18 Å². The number of aliphatic hydroxyl groups excluding tert-OH is 1. The Hall–Kier alpha value is -1.62. The molecule has 0 saturated heterocycles. The lowest BCUT2D eigenvalue weighted by atomic mass is 10.1. The van der Waals surface area contributed by atoms with Crippen LogP contribution >= 0.6 is 0 Å². The molecule has 0 fully saturated rings. The number of carbonyl (C=O) groups is 1. The fourth-order valence-electron chi connectivity index (χ4n) is 1.45. The number of carbonyl (C=O) groups excluding carboxylic acids is 1. The second-order valence-corrected chi connectivity index (χ2v) is 3.92. The Kier molecular flexibility index (Phi) is 6.14. The maximum absolute atomic E-state index is 13.3. The van der Waals surface area contributed by atoms with Crippen LogP contribution in [0.3, 0.4) is 0 Å². The Morgan fingerprint density at radius 2 is 2.11 bits per heavy atom. The van der Waals surface area contributed by atoms with E-state index < -0.39 is 24.9 Å². The van der Waals surface area contributed by atoms with E-state index in [-0.39, 0.29) is 13.0 Å². The molecular formula is C13H18FNO3. The molecule has 1 aromatic rings. The molecule has 0 unspecified atom stereocenters. The molecular weight excluding hydrogens is 237 g/mol. The number of halogens is 1. The minimum Gasteiger partial charge on any atom is -0.445 e. The summed E-state index contributed by atoms with van der Waals surface area (Å²) in [7, 11) is 0. The lowest BCUT2D eigenvalue weighted by Gasteiger charge is -2.18. The van der Waals surface area contributed by atoms with Gasteiger partial charge in [0.05, 0.1) is 12.6 Å². The summed E-state index contributed by atoms with van der Waals surface area (Å²) in [5, 5.41) is 11.3. The Labute approximate surface area is 106 Å². The fraction of sp³-hybridized carbons (Fsp3) is 0.462. The number of ether oxygens (including phenoxy) is 1. The lowest BCUT2D eigenvalue weighted by molar-refractivity contribution is 0.111. The van der Waals surface area contributed by atoms with Crippen molar-refractivity contribution in [2.75, 3.05) is 6.61 Å². The third-order valence-corrected chi connectivity index (χ3v) is 2.54. The largest absolute Gasteiger partial charge is 0.445 e. The summed E-state index contributed by atoms with van der Waals surface area (Å²) in [6.45, 7) is 1.31. The molecule has 18 heavy (non-hydrogen) atoms. The molecule has 0 bridgehead atoms. The summed E-state index contributed by atoms with van der Waals surface area (Å²) in [5.41, 5.74) is 0.848. The molecule has 0 spiro atoms. The van der Waals surface area contributed by atoms with Crippen molar-refractivity contribution in [3.05, 3.63) is 35.9 Å². The van der Waals surface area contributed by atoms with Crippen molar-refractivity contribution in [1.29, 1.82) is 0 Å². The van der Waals surface area contributed by atoms with Crippen LogP contribution in [0, 0.1) is 0 Å². The van der Waals surface area contributed by atoms with Crippen molar-refractivity contribution in [3.8, 4) is 0 Å². The SMILES string of the molecule is CC[C@H](F)[C@@H](CO)NC(=O)OCc1ccccc1. The molecule has 1 aromatic carbocycles. The molecule has 2 N–H and O–H groups in total. The molecule has 0 aliphatic heterocycles. The van der Waals surface area contributed by atoms with Crippen molar-refractivity contribution in [3.63, 3.8) is 0 Å². The zero-order valence-corrected chi connectivity index (χ0v) is 10.3. The standard InChI is InChI=1S/C13H18FNO3/c1-2-11(14)12(8-16)15-13(17)18-9-10-6-4-3-5-7-10/h3-7,11-12,16H,2,8-9H2,1H3,(H,15,17)/t11-,12+/m0/s1. The molecule has 0 aromatic heterocycles. The highest BCUT2D eigenvalue weighted by molar-refractivity contribution is 5.67. The third kappa shape index (κ3) is 4.71. The third-order valence-electron chi connectivity index (χ3n) is 2.54. The van der Waals surface area contributed by atoms with E-state index >= 15 is 0 Å². The van der Waals surface area contributed by atoms with Crippen LogP contribution in [0.2, 0.25) is 0 Å². The van der Waals surface area contributed by atoms with Crippen molar-refractivity contribution < 1.29 is 19.0 Å². The number of aliphatic hydroxyl groups is 1. The molecule has 0 aliphatic rings. The van der Waals surface area contributed by atoms with E-state index in [4.69, 9.17) is 9.84 Å². The molecule has 0 heterocycles. The fourth-order valence-corrected chi connectivity index (χ4v) is 1.45. The van der Waals surface area contributed by atoms with Crippen LogP contribution in [0.15, 0.2) is 30.3 Å². The lowest BCUT2D eigenvalue weighted by Crippen LogP contribution is -2.44. The van der Waals surface area contributed by atoms with Crippen molar-refractivity contribution in [2.24, 2.45) is 0 Å². The van der Waals surface area contributed by atoms with E-state index in [0.29, 0.717) is 0 Å². The number of alkyl carbamates (subject to hydrolysis) is 1. The van der Waals surface area contributed by atoms with Crippen LogP contribution in [0.4, 0.5) is 9.18 Å². The number of nitrogens with one attached hydrogen (secondary N) is 1. The summed E-state index contributed by atoms with van der Waals surface area (Å²) >= 11 is 0. The number of amides is 1. The number of hydrogen-bond donors (Lipinski definition) is 2. The summed E-state index contributed by atoms with van der Waals surface area (Å²) in [5.74, 6) is 0. The molecule has 2 atom stereocenters. The predicted molar refractivity (Wildman–Crippen MR) is 65.8 cm³/mol. The molecule has 4 nitrogen and oxygen atoms in total. The topological polar surface area (TPSA) is 58.6 Å². The van der Waals surface area contributed by atoms with Crippen molar-refractivity contribution in [2.45, 2.75) is 32.2 Å². The van der Waals surface area contributed by atoms with Crippen LogP contribution in [0.1, 0.15) is 18.9 Å². The van der Waals surface area contributed by atoms with Gasteiger partial charge in [0.25, 0.3) is 0 Å². The first-order valence-corrected chi connectivity index (χ1v) is 5.89. The van der Waals surface area contributed by atoms with Gasteiger partial charge in [-0.2, -0.15) is 0 Å². The average Bonchev–Trinajstić information content (AvgIpc) is 2.42. The quantitative estimate of drug-likeness (QED) is 0.817. The van der Waals surface area contributed by atoms with Crippen molar-refractivity contribution >= 4 is 6.09 Å². The maximum atomic E-state index is 13.3. The predicted octanol–water partition coefficient (Wildman–Crippen LogP) is 2.02. The van der Waals surface area contributed by atoms with Crippen LogP contribution in [0.5, 0.6) is 0 Å². The Balaban J connectivity index is 2.37. The summed E-state index contributed by atoms with van der Waals surface area (Å²) in [6, 6.07) is 8.25. The minimum atomic E-state index is -1.28. The van der Waals surface area contributed by atoms with E-state index in [0.717, 1.165) is 5.56 Å². The second kappa shape index (κ2) is 7.66. The van der Waals surface area contributed by atoms with Crippen LogP contribution < -0.4 is 5.32 Å². The highest BCUT2D eigenvalue weighted by atomic mass is 19.1. The Morgan fingerprint density at radius 3 is 2.67 bits per heavy atom. The van der Waals surface area contributed by atoms with Crippen LogP contribution in [0.25, 0.3) is 0 Å². The number of hydrogen-bond acceptors (Lipinski definition) is 3. The van der Waals surface area contributed by atoms with Gasteiger partial charge in [0.1, 0.15) is 12.8 Å². The van der Waals surface area contributed by atoms with Gasteiger partial charge in [-0.05, 0) is 12.0 Å². The molecule has 0 aliphatic carbocycles. The molecule has 100 valence electrons. The normalized spacial score (nSPS) is 13.7. The van der Waals surface area contributed by atoms with E-state index in [1.54, 1.807) is 6.92 Å². The monoisotopic (exact) mass is 255 g/mol. The summed E-state index contributed by atoms with van der Waals surface area (Å²) < 4.78 is 18.2. The molecule has 0 radical (unpaired) electrons. The summed E-state index contributed by atoms with van der Waals surface area (Å²) in [6.07, 6.45) is -1.78. The van der Waals surface area contributed by atoms with E-state index in [2.05, 4.69) is 5.32 Å². The summed E-state index contributed by atoms with van der Waals surface area (Å²) in [4.78, 5) is 11.4. The van der Waals surface area contributed by atoms with Crippen LogP contribution in [-0.4, -0.2) is 30.0 Å². The van der Waals surface area contributed by atoms with E-state index in [9.17, 15) is 9.18 Å². The minimum absolute atomic E-state index is 0.119. The molecule has 0 saturated carbocycles. The zero-order chi connectivity index (χ0) is 13.4. The van der Waals surface area contributed by atoms with E-state index in [1.807, 2.05) is 30.3 Å². The van der Waals surface area contributed by atoms with Gasteiger partial charge in [0, 0.05) is 0 Å². The first-order chi connectivity index (χ1) is 8.67. The van der Waals surface area contributed by atoms with Crippen LogP contribution in [-0.2, 0) is 11.3 Å². The zero-order valence-electron chi connectivity index (χ0n) is 10.3. The number of rotatable bonds is 6. The number of alkyl halides is 1. The van der Waals surface area contributed by atoms with Gasteiger partial charge in [0.15, 0.2) is 0 Å². The smallest absolute Gasteiger partial charge is 0.407 e. The average molecular weight is 255 g/mol. The number of benzene rings is 1. The van der Waals surface area contributed by atoms with Gasteiger partial charge in [-0.3, -0.25) is 0 Å². The maximum Gasteiger partial charge on any atom is 0.407 e. The van der Waals surface area contributed by atoms with Gasteiger partial charge in [-0.15, -0.1) is 0 Å². The van der Waals surface area contributed by atoms with Gasteiger partial charge in [0.2, 0.25) is 0 Å². The first kappa shape index (κ1) is 14.4. The van der Waals surface area contributed by atoms with Gasteiger partial charge in [-0.1, -0.05) is 37.3 Å². The Morgan fingerprint density at radius 1 is 1.44 bits per heavy atom. The first-order valence-electron chi connectivity index (χ1n) is 5.89.